The molecule has 0 bridgehead atoms. The molecule has 8 heteroatoms. The third kappa shape index (κ3) is 9.33. The molecule has 0 aliphatic rings. The third-order valence-corrected chi connectivity index (χ3v) is 4.40. The first-order valence-corrected chi connectivity index (χ1v) is 10.2. The Hall–Kier alpha value is -2.22. The summed E-state index contributed by atoms with van der Waals surface area (Å²) in [5.41, 5.74) is 0.834. The van der Waals surface area contributed by atoms with Crippen molar-refractivity contribution < 1.29 is 24.2 Å². The maximum Gasteiger partial charge on any atom is 0.408 e. The Morgan fingerprint density at radius 1 is 1.11 bits per heavy atom. The predicted octanol–water partition coefficient (Wildman–Crippen LogP) is 2.65. The van der Waals surface area contributed by atoms with E-state index in [-0.39, 0.29) is 12.5 Å². The molecule has 1 aromatic carbocycles. The lowest BCUT2D eigenvalue weighted by molar-refractivity contribution is -0.142. The number of nitrogens with one attached hydrogen (secondary N) is 2. The summed E-state index contributed by atoms with van der Waals surface area (Å²) < 4.78 is 5.15. The molecule has 2 atom stereocenters. The summed E-state index contributed by atoms with van der Waals surface area (Å²) >= 11 is 1.53. The van der Waals surface area contributed by atoms with Crippen LogP contribution >= 0.6 is 11.8 Å². The van der Waals surface area contributed by atoms with Gasteiger partial charge in [0.15, 0.2) is 0 Å². The summed E-state index contributed by atoms with van der Waals surface area (Å²) in [6.45, 7) is 3.85. The Labute approximate surface area is 164 Å². The third-order valence-electron chi connectivity index (χ3n) is 3.75. The number of carbonyl (C=O) groups is 3. The molecule has 3 N–H and O–H groups in total. The number of carboxylic acids is 1. The average Bonchev–Trinajstić information content (AvgIpc) is 2.63. The van der Waals surface area contributed by atoms with Gasteiger partial charge in [0.1, 0.15) is 18.7 Å². The molecule has 0 fully saturated rings. The Morgan fingerprint density at radius 3 is 2.33 bits per heavy atom. The molecule has 0 spiro atoms. The molecule has 0 aliphatic carbocycles. The SMILES string of the molecule is CSCC[C@@H](NC(=O)OCc1ccccc1)C(=O)N[C@H](CC(C)C)C(=O)O. The van der Waals surface area contributed by atoms with E-state index in [4.69, 9.17) is 4.74 Å². The molecule has 0 heterocycles. The zero-order chi connectivity index (χ0) is 20.2. The summed E-state index contributed by atoms with van der Waals surface area (Å²) in [6.07, 6.45) is 1.87. The molecule has 0 aliphatic heterocycles. The highest BCUT2D eigenvalue weighted by atomic mass is 32.2. The Bertz CT molecular complexity index is 609. The first-order chi connectivity index (χ1) is 12.8. The van der Waals surface area contributed by atoms with Crippen LogP contribution in [0.2, 0.25) is 0 Å². The molecule has 0 radical (unpaired) electrons. The van der Waals surface area contributed by atoms with Crippen LogP contribution in [-0.4, -0.2) is 47.2 Å². The number of amides is 2. The van der Waals surface area contributed by atoms with Crippen molar-refractivity contribution in [3.8, 4) is 0 Å². The van der Waals surface area contributed by atoms with Crippen LogP contribution in [0, 0.1) is 5.92 Å². The maximum absolute atomic E-state index is 12.5. The maximum atomic E-state index is 12.5. The second kappa shape index (κ2) is 12.2. The summed E-state index contributed by atoms with van der Waals surface area (Å²) in [7, 11) is 0. The summed E-state index contributed by atoms with van der Waals surface area (Å²) in [5.74, 6) is -0.861. The van der Waals surface area contributed by atoms with Gasteiger partial charge >= 0.3 is 12.1 Å². The molecular weight excluding hydrogens is 368 g/mol. The van der Waals surface area contributed by atoms with Crippen molar-refractivity contribution in [2.45, 2.75) is 45.4 Å². The summed E-state index contributed by atoms with van der Waals surface area (Å²) in [4.78, 5) is 35.9. The van der Waals surface area contributed by atoms with Gasteiger partial charge in [-0.2, -0.15) is 11.8 Å². The molecule has 2 amide bonds. The van der Waals surface area contributed by atoms with Crippen LogP contribution in [0.1, 0.15) is 32.3 Å². The Balaban J connectivity index is 2.65. The number of aliphatic carboxylic acids is 1. The minimum Gasteiger partial charge on any atom is -0.480 e. The highest BCUT2D eigenvalue weighted by Crippen LogP contribution is 2.08. The quantitative estimate of drug-likeness (QED) is 0.531. The number of thioether (sulfide) groups is 1. The lowest BCUT2D eigenvalue weighted by atomic mass is 10.0. The zero-order valence-electron chi connectivity index (χ0n) is 15.9. The van der Waals surface area contributed by atoms with Crippen molar-refractivity contribution in [1.82, 2.24) is 10.6 Å². The fraction of sp³-hybridized carbons (Fsp3) is 0.526. The largest absolute Gasteiger partial charge is 0.480 e. The van der Waals surface area contributed by atoms with Gasteiger partial charge < -0.3 is 20.5 Å². The second-order valence-electron chi connectivity index (χ2n) is 6.57. The number of rotatable bonds is 11. The van der Waals surface area contributed by atoms with Crippen molar-refractivity contribution in [2.24, 2.45) is 5.92 Å². The Morgan fingerprint density at radius 2 is 1.78 bits per heavy atom. The number of alkyl carbamates (subject to hydrolysis) is 1. The number of carbonyl (C=O) groups excluding carboxylic acids is 2. The fourth-order valence-electron chi connectivity index (χ4n) is 2.38. The lowest BCUT2D eigenvalue weighted by Gasteiger charge is -2.22. The van der Waals surface area contributed by atoms with Gasteiger partial charge in [-0.15, -0.1) is 0 Å². The van der Waals surface area contributed by atoms with Crippen LogP contribution in [0.4, 0.5) is 4.79 Å². The molecule has 0 saturated heterocycles. The molecule has 0 saturated carbocycles. The molecule has 0 aromatic heterocycles. The van der Waals surface area contributed by atoms with E-state index in [1.165, 1.54) is 11.8 Å². The van der Waals surface area contributed by atoms with Crippen molar-refractivity contribution in [1.29, 1.82) is 0 Å². The van der Waals surface area contributed by atoms with Crippen molar-refractivity contribution >= 4 is 29.7 Å². The van der Waals surface area contributed by atoms with E-state index in [1.54, 1.807) is 0 Å². The van der Waals surface area contributed by atoms with Crippen LogP contribution < -0.4 is 10.6 Å². The normalized spacial score (nSPS) is 12.9. The van der Waals surface area contributed by atoms with Crippen LogP contribution in [0.15, 0.2) is 30.3 Å². The lowest BCUT2D eigenvalue weighted by Crippen LogP contribution is -2.52. The molecule has 7 nitrogen and oxygen atoms in total. The van der Waals surface area contributed by atoms with E-state index < -0.39 is 30.1 Å². The summed E-state index contributed by atoms with van der Waals surface area (Å²) in [5, 5.41) is 14.3. The van der Waals surface area contributed by atoms with Crippen LogP contribution in [0.25, 0.3) is 0 Å². The van der Waals surface area contributed by atoms with E-state index in [0.717, 1.165) is 5.56 Å². The smallest absolute Gasteiger partial charge is 0.408 e. The number of hydrogen-bond donors (Lipinski definition) is 3. The van der Waals surface area contributed by atoms with Crippen LogP contribution in [0.5, 0.6) is 0 Å². The zero-order valence-corrected chi connectivity index (χ0v) is 16.8. The predicted molar refractivity (Wildman–Crippen MR) is 106 cm³/mol. The van der Waals surface area contributed by atoms with Crippen molar-refractivity contribution in [3.63, 3.8) is 0 Å². The molecular formula is C19H28N2O5S. The van der Waals surface area contributed by atoms with Crippen molar-refractivity contribution in [2.75, 3.05) is 12.0 Å². The first-order valence-electron chi connectivity index (χ1n) is 8.82. The van der Waals surface area contributed by atoms with Gasteiger partial charge in [0.2, 0.25) is 5.91 Å². The minimum absolute atomic E-state index is 0.0919. The molecule has 1 aromatic rings. The van der Waals surface area contributed by atoms with Gasteiger partial charge in [0.25, 0.3) is 0 Å². The average molecular weight is 397 g/mol. The number of benzene rings is 1. The topological polar surface area (TPSA) is 105 Å². The van der Waals surface area contributed by atoms with E-state index in [9.17, 15) is 19.5 Å². The van der Waals surface area contributed by atoms with E-state index in [0.29, 0.717) is 18.6 Å². The molecule has 150 valence electrons. The number of carboxylic acid groups (broad SMARTS) is 1. The Kier molecular flexibility index (Phi) is 10.3. The second-order valence-corrected chi connectivity index (χ2v) is 7.55. The van der Waals surface area contributed by atoms with Gasteiger partial charge in [0, 0.05) is 0 Å². The van der Waals surface area contributed by atoms with Gasteiger partial charge in [0.05, 0.1) is 0 Å². The number of ether oxygens (including phenoxy) is 1. The fourth-order valence-corrected chi connectivity index (χ4v) is 2.85. The van der Waals surface area contributed by atoms with Gasteiger partial charge in [-0.25, -0.2) is 9.59 Å². The van der Waals surface area contributed by atoms with Gasteiger partial charge in [-0.1, -0.05) is 44.2 Å². The highest BCUT2D eigenvalue weighted by Gasteiger charge is 2.27. The minimum atomic E-state index is -1.09. The monoisotopic (exact) mass is 396 g/mol. The number of hydrogen-bond acceptors (Lipinski definition) is 5. The van der Waals surface area contributed by atoms with Crippen LogP contribution in [-0.2, 0) is 20.9 Å². The van der Waals surface area contributed by atoms with Gasteiger partial charge in [-0.3, -0.25) is 4.79 Å². The van der Waals surface area contributed by atoms with Crippen LogP contribution in [0.3, 0.4) is 0 Å². The first kappa shape index (κ1) is 22.8. The van der Waals surface area contributed by atoms with E-state index in [1.807, 2.05) is 50.4 Å². The van der Waals surface area contributed by atoms with Crippen molar-refractivity contribution in [3.05, 3.63) is 35.9 Å². The molecule has 27 heavy (non-hydrogen) atoms. The summed E-state index contributed by atoms with van der Waals surface area (Å²) in [6, 6.07) is 7.36. The molecule has 1 rings (SSSR count). The van der Waals surface area contributed by atoms with E-state index >= 15 is 0 Å². The standard InChI is InChI=1S/C19H28N2O5S/c1-13(2)11-16(18(23)24)20-17(22)15(9-10-27-3)21-19(25)26-12-14-7-5-4-6-8-14/h4-8,13,15-16H,9-12H2,1-3H3,(H,20,22)(H,21,25)(H,23,24)/t15-,16-/m1/s1. The highest BCUT2D eigenvalue weighted by molar-refractivity contribution is 7.98. The molecule has 0 unspecified atom stereocenters. The van der Waals surface area contributed by atoms with Gasteiger partial charge in [-0.05, 0) is 36.3 Å². The van der Waals surface area contributed by atoms with E-state index in [2.05, 4.69) is 10.6 Å².